The van der Waals surface area contributed by atoms with E-state index in [0.717, 1.165) is 38.5 Å². The molecule has 2 heterocycles. The molecule has 122 valence electrons. The number of fused-ring (bicyclic) bond motifs is 1. The summed E-state index contributed by atoms with van der Waals surface area (Å²) in [5.74, 6) is 1.62. The molecule has 1 aliphatic carbocycles. The number of ether oxygens (including phenoxy) is 1. The third-order valence-electron chi connectivity index (χ3n) is 5.39. The van der Waals surface area contributed by atoms with Crippen molar-refractivity contribution in [1.82, 2.24) is 10.2 Å². The maximum Gasteiger partial charge on any atom is 0.239 e. The zero-order valence-electron chi connectivity index (χ0n) is 13.1. The number of carbonyl (C=O) groups excluding carboxylic acids is 1. The van der Waals surface area contributed by atoms with E-state index in [9.17, 15) is 4.79 Å². The number of nitrogens with zero attached hydrogens (tertiary/aromatic N) is 1. The molecule has 0 aromatic rings. The van der Waals surface area contributed by atoms with Crippen molar-refractivity contribution in [2.45, 2.75) is 57.0 Å². The van der Waals surface area contributed by atoms with Gasteiger partial charge in [-0.2, -0.15) is 0 Å². The SMILES string of the molecule is COCC1CCCN(C(=O)C2CC3CCCCC3N2)C1.Cl. The fraction of sp³-hybridized carbons (Fsp3) is 0.938. The fourth-order valence-corrected chi connectivity index (χ4v) is 4.37. The Kier molecular flexibility index (Phi) is 6.33. The van der Waals surface area contributed by atoms with E-state index in [4.69, 9.17) is 4.74 Å². The Bertz CT molecular complexity index is 337. The van der Waals surface area contributed by atoms with Gasteiger partial charge in [0.25, 0.3) is 0 Å². The minimum Gasteiger partial charge on any atom is -0.384 e. The first kappa shape index (κ1) is 17.0. The number of methoxy groups -OCH3 is 1. The number of rotatable bonds is 3. The number of piperidine rings is 1. The maximum atomic E-state index is 12.7. The lowest BCUT2D eigenvalue weighted by atomic mass is 9.85. The number of hydrogen-bond acceptors (Lipinski definition) is 3. The molecule has 4 nitrogen and oxygen atoms in total. The van der Waals surface area contributed by atoms with Gasteiger partial charge in [0.2, 0.25) is 5.91 Å². The first-order chi connectivity index (χ1) is 9.78. The minimum atomic E-state index is 0. The summed E-state index contributed by atoms with van der Waals surface area (Å²) in [5, 5.41) is 3.61. The van der Waals surface area contributed by atoms with Gasteiger partial charge >= 0.3 is 0 Å². The van der Waals surface area contributed by atoms with E-state index in [0.29, 0.717) is 17.9 Å². The molecular formula is C16H29ClN2O2. The molecule has 1 N–H and O–H groups in total. The Hall–Kier alpha value is -0.320. The molecule has 0 aromatic heterocycles. The first-order valence-corrected chi connectivity index (χ1v) is 8.31. The van der Waals surface area contributed by atoms with Gasteiger partial charge in [-0.3, -0.25) is 4.79 Å². The number of amides is 1. The maximum absolute atomic E-state index is 12.7. The highest BCUT2D eigenvalue weighted by Gasteiger charge is 2.40. The lowest BCUT2D eigenvalue weighted by Gasteiger charge is -2.34. The van der Waals surface area contributed by atoms with Crippen molar-refractivity contribution in [3.63, 3.8) is 0 Å². The van der Waals surface area contributed by atoms with Crippen LogP contribution in [0.3, 0.4) is 0 Å². The lowest BCUT2D eigenvalue weighted by Crippen LogP contribution is -2.49. The van der Waals surface area contributed by atoms with Crippen molar-refractivity contribution < 1.29 is 9.53 Å². The van der Waals surface area contributed by atoms with Gasteiger partial charge in [-0.1, -0.05) is 12.8 Å². The summed E-state index contributed by atoms with van der Waals surface area (Å²) in [7, 11) is 1.75. The summed E-state index contributed by atoms with van der Waals surface area (Å²) in [6.07, 6.45) is 8.64. The topological polar surface area (TPSA) is 41.6 Å². The molecule has 0 radical (unpaired) electrons. The monoisotopic (exact) mass is 316 g/mol. The summed E-state index contributed by atoms with van der Waals surface area (Å²) in [4.78, 5) is 14.8. The second kappa shape index (κ2) is 7.80. The smallest absolute Gasteiger partial charge is 0.239 e. The van der Waals surface area contributed by atoms with Crippen LogP contribution in [-0.4, -0.2) is 49.7 Å². The molecule has 0 spiro atoms. The normalized spacial score (nSPS) is 36.0. The van der Waals surface area contributed by atoms with E-state index < -0.39 is 0 Å². The van der Waals surface area contributed by atoms with Crippen molar-refractivity contribution in [3.05, 3.63) is 0 Å². The zero-order valence-corrected chi connectivity index (χ0v) is 13.9. The Balaban J connectivity index is 0.00000161. The van der Waals surface area contributed by atoms with Crippen LogP contribution in [0.5, 0.6) is 0 Å². The van der Waals surface area contributed by atoms with Crippen molar-refractivity contribution in [2.75, 3.05) is 26.8 Å². The average molecular weight is 317 g/mol. The predicted octanol–water partition coefficient (Wildman–Crippen LogP) is 2.21. The van der Waals surface area contributed by atoms with Crippen molar-refractivity contribution in [2.24, 2.45) is 11.8 Å². The molecule has 0 bridgehead atoms. The number of likely N-dealkylation sites (tertiary alicyclic amines) is 1. The number of halogens is 1. The Morgan fingerprint density at radius 3 is 2.81 bits per heavy atom. The molecule has 2 aliphatic heterocycles. The molecule has 4 atom stereocenters. The molecule has 1 amide bonds. The molecule has 1 saturated carbocycles. The third kappa shape index (κ3) is 3.91. The third-order valence-corrected chi connectivity index (χ3v) is 5.39. The van der Waals surface area contributed by atoms with E-state index in [1.54, 1.807) is 7.11 Å². The number of nitrogens with one attached hydrogen (secondary N) is 1. The van der Waals surface area contributed by atoms with E-state index in [2.05, 4.69) is 10.2 Å². The molecule has 3 rings (SSSR count). The van der Waals surface area contributed by atoms with Crippen LogP contribution in [0.25, 0.3) is 0 Å². The van der Waals surface area contributed by atoms with Gasteiger partial charge in [-0.05, 0) is 43.9 Å². The van der Waals surface area contributed by atoms with Gasteiger partial charge in [0.15, 0.2) is 0 Å². The van der Waals surface area contributed by atoms with Gasteiger partial charge in [0.05, 0.1) is 12.6 Å². The minimum absolute atomic E-state index is 0. The predicted molar refractivity (Wildman–Crippen MR) is 85.7 cm³/mol. The van der Waals surface area contributed by atoms with Gasteiger partial charge in [-0.25, -0.2) is 0 Å². The van der Waals surface area contributed by atoms with Crippen LogP contribution in [0.1, 0.15) is 44.9 Å². The fourth-order valence-electron chi connectivity index (χ4n) is 4.37. The van der Waals surface area contributed by atoms with Crippen LogP contribution >= 0.6 is 12.4 Å². The quantitative estimate of drug-likeness (QED) is 0.868. The highest BCUT2D eigenvalue weighted by atomic mass is 35.5. The van der Waals surface area contributed by atoms with Gasteiger partial charge in [-0.15, -0.1) is 12.4 Å². The van der Waals surface area contributed by atoms with Gasteiger partial charge in [0.1, 0.15) is 0 Å². The molecule has 4 unspecified atom stereocenters. The Labute approximate surface area is 134 Å². The number of carbonyl (C=O) groups is 1. The molecule has 3 fully saturated rings. The zero-order chi connectivity index (χ0) is 13.9. The summed E-state index contributed by atoms with van der Waals surface area (Å²) >= 11 is 0. The van der Waals surface area contributed by atoms with Crippen molar-refractivity contribution in [3.8, 4) is 0 Å². The van der Waals surface area contributed by atoms with E-state index in [-0.39, 0.29) is 18.4 Å². The standard InChI is InChI=1S/C16H28N2O2.ClH/c1-20-11-12-5-4-8-18(10-12)16(19)15-9-13-6-2-3-7-14(13)17-15;/h12-15,17H,2-11H2,1H3;1H. The van der Waals surface area contributed by atoms with Crippen LogP contribution in [0.2, 0.25) is 0 Å². The van der Waals surface area contributed by atoms with Gasteiger partial charge < -0.3 is 15.0 Å². The van der Waals surface area contributed by atoms with E-state index >= 15 is 0 Å². The molecule has 3 aliphatic rings. The summed E-state index contributed by atoms with van der Waals surface area (Å²) in [6, 6.07) is 0.696. The van der Waals surface area contributed by atoms with Crippen LogP contribution < -0.4 is 5.32 Å². The highest BCUT2D eigenvalue weighted by Crippen LogP contribution is 2.34. The van der Waals surface area contributed by atoms with Crippen LogP contribution in [0, 0.1) is 11.8 Å². The lowest BCUT2D eigenvalue weighted by molar-refractivity contribution is -0.135. The first-order valence-electron chi connectivity index (χ1n) is 8.31. The summed E-state index contributed by atoms with van der Waals surface area (Å²) in [5.41, 5.74) is 0. The molecule has 5 heteroatoms. The average Bonchev–Trinajstić information content (AvgIpc) is 2.91. The highest BCUT2D eigenvalue weighted by molar-refractivity contribution is 5.85. The Morgan fingerprint density at radius 1 is 1.24 bits per heavy atom. The Morgan fingerprint density at radius 2 is 2.05 bits per heavy atom. The van der Waals surface area contributed by atoms with Crippen LogP contribution in [-0.2, 0) is 9.53 Å². The summed E-state index contributed by atoms with van der Waals surface area (Å²) < 4.78 is 5.26. The molecule has 21 heavy (non-hydrogen) atoms. The molecular weight excluding hydrogens is 288 g/mol. The van der Waals surface area contributed by atoms with E-state index in [1.165, 1.54) is 32.1 Å². The van der Waals surface area contributed by atoms with Crippen molar-refractivity contribution in [1.29, 1.82) is 0 Å². The van der Waals surface area contributed by atoms with Crippen molar-refractivity contribution >= 4 is 18.3 Å². The second-order valence-electron chi connectivity index (χ2n) is 6.85. The molecule has 0 aromatic carbocycles. The van der Waals surface area contributed by atoms with Crippen LogP contribution in [0.4, 0.5) is 0 Å². The van der Waals surface area contributed by atoms with Crippen LogP contribution in [0.15, 0.2) is 0 Å². The summed E-state index contributed by atoms with van der Waals surface area (Å²) in [6.45, 7) is 2.61. The van der Waals surface area contributed by atoms with E-state index in [1.807, 2.05) is 0 Å². The largest absolute Gasteiger partial charge is 0.384 e. The number of hydrogen-bond donors (Lipinski definition) is 1. The van der Waals surface area contributed by atoms with Gasteiger partial charge in [0, 0.05) is 26.2 Å². The molecule has 2 saturated heterocycles. The second-order valence-corrected chi connectivity index (χ2v) is 6.85.